The molecular weight excluding hydrogens is 354 g/mol. The van der Waals surface area contributed by atoms with Gasteiger partial charge in [0, 0.05) is 6.61 Å². The van der Waals surface area contributed by atoms with Crippen molar-refractivity contribution in [2.24, 2.45) is 29.6 Å². The van der Waals surface area contributed by atoms with E-state index in [0.29, 0.717) is 18.9 Å². The second-order valence-electron chi connectivity index (χ2n) is 10.1. The highest BCUT2D eigenvalue weighted by molar-refractivity contribution is 4.93. The maximum absolute atomic E-state index is 14.8. The quantitative estimate of drug-likeness (QED) is 0.400. The molecule has 0 aliphatic heterocycles. The van der Waals surface area contributed by atoms with Gasteiger partial charge in [0.05, 0.1) is 6.10 Å². The Hall–Kier alpha value is -0.180. The number of alkyl halides is 2. The Morgan fingerprint density at radius 2 is 1.39 bits per heavy atom. The van der Waals surface area contributed by atoms with Crippen LogP contribution in [0.4, 0.5) is 8.78 Å². The monoisotopic (exact) mass is 398 g/mol. The molecule has 0 heterocycles. The Kier molecular flexibility index (Phi) is 9.06. The summed E-state index contributed by atoms with van der Waals surface area (Å²) in [5, 5.41) is 0. The molecule has 3 fully saturated rings. The lowest BCUT2D eigenvalue weighted by Gasteiger charge is -2.42. The minimum Gasteiger partial charge on any atom is -0.375 e. The van der Waals surface area contributed by atoms with Gasteiger partial charge in [-0.1, -0.05) is 51.9 Å². The van der Waals surface area contributed by atoms with Crippen molar-refractivity contribution >= 4 is 0 Å². The Balaban J connectivity index is 1.44. The summed E-state index contributed by atoms with van der Waals surface area (Å²) in [5.41, 5.74) is 0. The van der Waals surface area contributed by atoms with Crippen LogP contribution in [0.2, 0.25) is 0 Å². The maximum atomic E-state index is 14.8. The van der Waals surface area contributed by atoms with Gasteiger partial charge in [-0.2, -0.15) is 0 Å². The lowest BCUT2D eigenvalue weighted by Crippen LogP contribution is -2.45. The van der Waals surface area contributed by atoms with Gasteiger partial charge in [0.1, 0.15) is 6.17 Å². The number of halogens is 2. The van der Waals surface area contributed by atoms with Crippen LogP contribution in [-0.4, -0.2) is 25.1 Å². The molecule has 0 amide bonds. The van der Waals surface area contributed by atoms with E-state index in [-0.39, 0.29) is 5.92 Å². The fraction of sp³-hybridized carbons (Fsp3) is 1.00. The number of hydrogen-bond acceptors (Lipinski definition) is 1. The van der Waals surface area contributed by atoms with E-state index in [1.165, 1.54) is 64.2 Å². The first-order valence-electron chi connectivity index (χ1n) is 12.5. The smallest absolute Gasteiger partial charge is 0.157 e. The minimum atomic E-state index is -1.42. The van der Waals surface area contributed by atoms with Gasteiger partial charge in [-0.15, -0.1) is 0 Å². The van der Waals surface area contributed by atoms with Crippen LogP contribution in [0.3, 0.4) is 0 Å². The molecule has 0 aromatic heterocycles. The lowest BCUT2D eigenvalue weighted by atomic mass is 9.66. The standard InChI is InChI=1S/C25H44F2O/c1-3-5-7-18-8-6-9-19(11-10-18)20-12-14-21(15-13-20)22-16-17-23(28-4-2)25(27)24(22)26/h18-25H,3-17H2,1-2H3/t18-,19?,20?,21?,22?,23?,24+,25?/m0/s1. The summed E-state index contributed by atoms with van der Waals surface area (Å²) in [6.45, 7) is 4.65. The first kappa shape index (κ1) is 22.5. The van der Waals surface area contributed by atoms with Crippen LogP contribution in [0.15, 0.2) is 0 Å². The highest BCUT2D eigenvalue weighted by Crippen LogP contribution is 2.46. The van der Waals surface area contributed by atoms with E-state index in [9.17, 15) is 8.78 Å². The molecule has 4 unspecified atom stereocenters. The fourth-order valence-electron chi connectivity index (χ4n) is 6.71. The Labute approximate surface area is 172 Å². The molecule has 3 saturated carbocycles. The van der Waals surface area contributed by atoms with Gasteiger partial charge in [0.25, 0.3) is 0 Å². The van der Waals surface area contributed by atoms with Crippen molar-refractivity contribution in [3.8, 4) is 0 Å². The lowest BCUT2D eigenvalue weighted by molar-refractivity contribution is -0.0850. The summed E-state index contributed by atoms with van der Waals surface area (Å²) in [6.07, 6.45) is 14.3. The van der Waals surface area contributed by atoms with Gasteiger partial charge in [-0.25, -0.2) is 8.78 Å². The summed E-state index contributed by atoms with van der Waals surface area (Å²) in [5.74, 6) is 3.04. The summed E-state index contributed by atoms with van der Waals surface area (Å²) >= 11 is 0. The van der Waals surface area contributed by atoms with Crippen molar-refractivity contribution in [2.75, 3.05) is 6.61 Å². The average Bonchev–Trinajstić information content (AvgIpc) is 2.96. The Morgan fingerprint density at radius 1 is 0.714 bits per heavy atom. The molecule has 6 atom stereocenters. The van der Waals surface area contributed by atoms with Gasteiger partial charge in [0.15, 0.2) is 6.17 Å². The van der Waals surface area contributed by atoms with Crippen molar-refractivity contribution in [1.29, 1.82) is 0 Å². The van der Waals surface area contributed by atoms with Crippen LogP contribution in [0.25, 0.3) is 0 Å². The molecule has 1 nitrogen and oxygen atoms in total. The van der Waals surface area contributed by atoms with Crippen molar-refractivity contribution in [3.05, 3.63) is 0 Å². The normalized spacial score (nSPS) is 42.9. The van der Waals surface area contributed by atoms with E-state index < -0.39 is 18.4 Å². The zero-order chi connectivity index (χ0) is 19.9. The van der Waals surface area contributed by atoms with Crippen LogP contribution in [0.1, 0.15) is 104 Å². The second kappa shape index (κ2) is 11.3. The molecule has 3 aliphatic rings. The van der Waals surface area contributed by atoms with Crippen LogP contribution in [0, 0.1) is 29.6 Å². The van der Waals surface area contributed by atoms with Crippen molar-refractivity contribution in [3.63, 3.8) is 0 Å². The first-order valence-corrected chi connectivity index (χ1v) is 12.5. The van der Waals surface area contributed by atoms with Gasteiger partial charge < -0.3 is 4.74 Å². The molecule has 0 spiro atoms. The third-order valence-electron chi connectivity index (χ3n) is 8.42. The van der Waals surface area contributed by atoms with Crippen LogP contribution in [-0.2, 0) is 4.74 Å². The van der Waals surface area contributed by atoms with Gasteiger partial charge in [-0.05, 0) is 81.5 Å². The molecule has 3 aliphatic carbocycles. The molecule has 0 bridgehead atoms. The number of rotatable bonds is 7. The zero-order valence-electron chi connectivity index (χ0n) is 18.4. The van der Waals surface area contributed by atoms with E-state index >= 15 is 0 Å². The maximum Gasteiger partial charge on any atom is 0.157 e. The topological polar surface area (TPSA) is 9.23 Å². The van der Waals surface area contributed by atoms with Gasteiger partial charge in [-0.3, -0.25) is 0 Å². The Bertz CT molecular complexity index is 434. The molecule has 28 heavy (non-hydrogen) atoms. The molecule has 3 heteroatoms. The van der Waals surface area contributed by atoms with Crippen molar-refractivity contribution < 1.29 is 13.5 Å². The van der Waals surface area contributed by atoms with Gasteiger partial charge in [0.2, 0.25) is 0 Å². The highest BCUT2D eigenvalue weighted by Gasteiger charge is 2.44. The van der Waals surface area contributed by atoms with Crippen molar-refractivity contribution in [2.45, 2.75) is 122 Å². The molecule has 0 aromatic rings. The molecule has 3 rings (SSSR count). The number of unbranched alkanes of at least 4 members (excludes halogenated alkanes) is 1. The SMILES string of the molecule is CCCC[C@H]1CCCC(C2CCC(C3CCC(OCC)C(F)[C@@H]3F)CC2)CC1. The summed E-state index contributed by atoms with van der Waals surface area (Å²) < 4.78 is 34.7. The fourth-order valence-corrected chi connectivity index (χ4v) is 6.71. The predicted octanol–water partition coefficient (Wildman–Crippen LogP) is 7.67. The predicted molar refractivity (Wildman–Crippen MR) is 113 cm³/mol. The van der Waals surface area contributed by atoms with Crippen LogP contribution < -0.4 is 0 Å². The number of hydrogen-bond donors (Lipinski definition) is 0. The summed E-state index contributed by atoms with van der Waals surface area (Å²) in [7, 11) is 0. The van der Waals surface area contributed by atoms with Gasteiger partial charge >= 0.3 is 0 Å². The first-order chi connectivity index (χ1) is 13.6. The molecule has 0 saturated heterocycles. The summed E-state index contributed by atoms with van der Waals surface area (Å²) in [4.78, 5) is 0. The molecule has 0 radical (unpaired) electrons. The molecule has 0 aromatic carbocycles. The van der Waals surface area contributed by atoms with Crippen LogP contribution in [0.5, 0.6) is 0 Å². The molecule has 0 N–H and O–H groups in total. The van der Waals surface area contributed by atoms with E-state index in [0.717, 1.165) is 37.0 Å². The summed E-state index contributed by atoms with van der Waals surface area (Å²) in [6, 6.07) is 0. The number of ether oxygens (including phenoxy) is 1. The van der Waals surface area contributed by atoms with E-state index in [4.69, 9.17) is 4.74 Å². The van der Waals surface area contributed by atoms with Crippen molar-refractivity contribution in [1.82, 2.24) is 0 Å². The van der Waals surface area contributed by atoms with Crippen LogP contribution >= 0.6 is 0 Å². The Morgan fingerprint density at radius 3 is 2.11 bits per heavy atom. The second-order valence-corrected chi connectivity index (χ2v) is 10.1. The third-order valence-corrected chi connectivity index (χ3v) is 8.42. The zero-order valence-corrected chi connectivity index (χ0v) is 18.4. The minimum absolute atomic E-state index is 0.0692. The average molecular weight is 399 g/mol. The third kappa shape index (κ3) is 5.70. The molecular formula is C25H44F2O. The highest BCUT2D eigenvalue weighted by atomic mass is 19.2. The van der Waals surface area contributed by atoms with E-state index in [1.54, 1.807) is 0 Å². The largest absolute Gasteiger partial charge is 0.375 e. The van der Waals surface area contributed by atoms with E-state index in [2.05, 4.69) is 6.92 Å². The van der Waals surface area contributed by atoms with E-state index in [1.807, 2.05) is 6.92 Å². The molecule has 164 valence electrons.